The summed E-state index contributed by atoms with van der Waals surface area (Å²) < 4.78 is 2.17. The summed E-state index contributed by atoms with van der Waals surface area (Å²) in [6, 6.07) is 22.3. The molecule has 0 saturated heterocycles. The summed E-state index contributed by atoms with van der Waals surface area (Å²) in [5, 5.41) is 14.1. The Labute approximate surface area is 160 Å². The van der Waals surface area contributed by atoms with Gasteiger partial charge >= 0.3 is 0 Å². The molecule has 0 bridgehead atoms. The average molecular weight is 367 g/mol. The third kappa shape index (κ3) is 2.18. The number of aromatic nitrogens is 1. The Bertz CT molecular complexity index is 1480. The Kier molecular flexibility index (Phi) is 3.49. The molecule has 1 N–H and O–H groups in total. The van der Waals surface area contributed by atoms with Crippen molar-refractivity contribution in [3.8, 4) is 5.75 Å². The molecule has 0 radical (unpaired) electrons. The van der Waals surface area contributed by atoms with E-state index in [1.807, 2.05) is 36.4 Å². The van der Waals surface area contributed by atoms with Crippen LogP contribution in [-0.4, -0.2) is 9.67 Å². The van der Waals surface area contributed by atoms with Crippen molar-refractivity contribution in [3.63, 3.8) is 0 Å². The Hall–Kier alpha value is -3.66. The summed E-state index contributed by atoms with van der Waals surface area (Å²) in [7, 11) is 0. The van der Waals surface area contributed by atoms with E-state index in [-0.39, 0.29) is 5.56 Å². The molecule has 4 aromatic carbocycles. The lowest BCUT2D eigenvalue weighted by Crippen LogP contribution is -2.36. The monoisotopic (exact) mass is 367 g/mol. The second-order valence-electron chi connectivity index (χ2n) is 7.11. The first-order valence-electron chi connectivity index (χ1n) is 9.15. The van der Waals surface area contributed by atoms with Crippen LogP contribution in [-0.2, 0) is 6.54 Å². The minimum Gasteiger partial charge on any atom is -0.503 e. The van der Waals surface area contributed by atoms with Crippen molar-refractivity contribution < 1.29 is 5.11 Å². The fourth-order valence-electron chi connectivity index (χ4n) is 4.19. The average Bonchev–Trinajstić information content (AvgIpc) is 3.04. The van der Waals surface area contributed by atoms with Crippen molar-refractivity contribution in [2.45, 2.75) is 13.5 Å². The zero-order chi connectivity index (χ0) is 19.4. The minimum absolute atomic E-state index is 0.128. The van der Waals surface area contributed by atoms with Gasteiger partial charge in [0.2, 0.25) is 5.43 Å². The Morgan fingerprint density at radius 2 is 1.61 bits per heavy atom. The Morgan fingerprint density at radius 3 is 2.32 bits per heavy atom. The van der Waals surface area contributed by atoms with E-state index in [4.69, 9.17) is 0 Å². The first-order valence-corrected chi connectivity index (χ1v) is 9.15. The van der Waals surface area contributed by atoms with Gasteiger partial charge in [-0.25, -0.2) is 0 Å². The highest BCUT2D eigenvalue weighted by atomic mass is 16.3. The summed E-state index contributed by atoms with van der Waals surface area (Å²) in [5.74, 6) is -0.433. The first kappa shape index (κ1) is 16.5. The van der Waals surface area contributed by atoms with E-state index >= 15 is 0 Å². The lowest BCUT2D eigenvalue weighted by Gasteiger charge is -2.11. The lowest BCUT2D eigenvalue weighted by atomic mass is 9.99. The number of nitrogens with zero attached hydrogens (tertiary/aromatic N) is 1. The van der Waals surface area contributed by atoms with Gasteiger partial charge in [-0.05, 0) is 29.5 Å². The summed E-state index contributed by atoms with van der Waals surface area (Å²) in [6.45, 7) is 2.42. The maximum Gasteiger partial charge on any atom is 0.268 e. The zero-order valence-electron chi connectivity index (χ0n) is 15.3. The largest absolute Gasteiger partial charge is 0.503 e. The van der Waals surface area contributed by atoms with Gasteiger partial charge in [0.15, 0.2) is 5.75 Å². The van der Waals surface area contributed by atoms with Crippen LogP contribution in [0.25, 0.3) is 27.2 Å². The van der Waals surface area contributed by atoms with E-state index in [9.17, 15) is 14.7 Å². The molecule has 5 rings (SSSR count). The topological polar surface area (TPSA) is 59.3 Å². The van der Waals surface area contributed by atoms with Gasteiger partial charge in [0.1, 0.15) is 0 Å². The molecular weight excluding hydrogens is 350 g/mol. The Morgan fingerprint density at radius 1 is 0.893 bits per heavy atom. The van der Waals surface area contributed by atoms with Crippen molar-refractivity contribution >= 4 is 27.2 Å². The number of hydrogen-bond acceptors (Lipinski definition) is 3. The van der Waals surface area contributed by atoms with Crippen molar-refractivity contribution in [1.82, 2.24) is 4.57 Å². The second kappa shape index (κ2) is 5.92. The van der Waals surface area contributed by atoms with E-state index in [2.05, 4.69) is 34.9 Å². The third-order valence-corrected chi connectivity index (χ3v) is 5.50. The summed E-state index contributed by atoms with van der Waals surface area (Å²) in [6.07, 6.45) is 0. The lowest BCUT2D eigenvalue weighted by molar-refractivity contribution is 0.460. The maximum absolute atomic E-state index is 12.1. The van der Waals surface area contributed by atoms with Crippen molar-refractivity contribution in [1.29, 1.82) is 0 Å². The van der Waals surface area contributed by atoms with Gasteiger partial charge in [0.05, 0.1) is 16.4 Å². The molecule has 28 heavy (non-hydrogen) atoms. The highest BCUT2D eigenvalue weighted by Crippen LogP contribution is 2.28. The quantitative estimate of drug-likeness (QED) is 0.499. The molecule has 0 spiro atoms. The molecule has 1 aromatic heterocycles. The molecule has 5 aromatic rings. The molecule has 4 nitrogen and oxygen atoms in total. The molecule has 0 saturated carbocycles. The highest BCUT2D eigenvalue weighted by molar-refractivity contribution is 6.10. The smallest absolute Gasteiger partial charge is 0.268 e. The van der Waals surface area contributed by atoms with Gasteiger partial charge in [-0.2, -0.15) is 0 Å². The standard InChI is InChI=1S/C24H17NO3/c1-14(19-22(26)24(28)23(19)27)21-17-11-5-9-16-10-6-12-18(20(16)17)25(21)13-15-7-3-2-4-8-15/h2-12,26H,13H2,1H3/b21-14+. The van der Waals surface area contributed by atoms with Gasteiger partial charge in [0, 0.05) is 17.3 Å². The fourth-order valence-corrected chi connectivity index (χ4v) is 4.19. The predicted octanol–water partition coefficient (Wildman–Crippen LogP) is 3.08. The maximum atomic E-state index is 12.1. The van der Waals surface area contributed by atoms with Crippen LogP contribution in [0.1, 0.15) is 18.1 Å². The SMILES string of the molecule is C/C(c1c(O)c(=O)c1=O)=c1/c2cccc3cccc(c32)n1Cc1ccccc1. The minimum atomic E-state index is -0.807. The van der Waals surface area contributed by atoms with Gasteiger partial charge in [-0.15, -0.1) is 0 Å². The number of benzene rings is 3. The van der Waals surface area contributed by atoms with E-state index in [0.717, 1.165) is 32.6 Å². The van der Waals surface area contributed by atoms with Crippen LogP contribution in [0.5, 0.6) is 5.75 Å². The Balaban J connectivity index is 1.94. The third-order valence-electron chi connectivity index (χ3n) is 5.50. The molecule has 0 atom stereocenters. The van der Waals surface area contributed by atoms with E-state index < -0.39 is 16.6 Å². The highest BCUT2D eigenvalue weighted by Gasteiger charge is 2.24. The number of hydrogen-bond donors (Lipinski definition) is 1. The molecule has 0 aliphatic rings. The summed E-state index contributed by atoms with van der Waals surface area (Å²) >= 11 is 0. The normalized spacial score (nSPS) is 12.9. The van der Waals surface area contributed by atoms with Crippen LogP contribution in [0.2, 0.25) is 0 Å². The summed E-state index contributed by atoms with van der Waals surface area (Å²) in [4.78, 5) is 23.7. The molecule has 0 amide bonds. The van der Waals surface area contributed by atoms with E-state index in [1.165, 1.54) is 0 Å². The molecule has 4 heteroatoms. The fraction of sp³-hybridized carbons (Fsp3) is 0.0833. The van der Waals surface area contributed by atoms with Crippen LogP contribution < -0.4 is 16.2 Å². The van der Waals surface area contributed by atoms with Crippen LogP contribution >= 0.6 is 0 Å². The van der Waals surface area contributed by atoms with Crippen LogP contribution in [0.15, 0.2) is 76.3 Å². The van der Waals surface area contributed by atoms with Crippen molar-refractivity contribution in [2.24, 2.45) is 0 Å². The molecule has 1 heterocycles. The summed E-state index contributed by atoms with van der Waals surface area (Å²) in [5.41, 5.74) is 1.52. The zero-order valence-corrected chi connectivity index (χ0v) is 15.3. The predicted molar refractivity (Wildman–Crippen MR) is 111 cm³/mol. The number of aromatic hydroxyl groups is 1. The van der Waals surface area contributed by atoms with Gasteiger partial charge in [-0.1, -0.05) is 60.7 Å². The molecule has 136 valence electrons. The molecule has 0 unspecified atom stereocenters. The van der Waals surface area contributed by atoms with Gasteiger partial charge in [-0.3, -0.25) is 9.59 Å². The molecule has 0 aliphatic carbocycles. The van der Waals surface area contributed by atoms with Crippen LogP contribution in [0, 0.1) is 0 Å². The van der Waals surface area contributed by atoms with Crippen LogP contribution in [0.3, 0.4) is 0 Å². The first-order chi connectivity index (χ1) is 13.6. The van der Waals surface area contributed by atoms with Gasteiger partial charge < -0.3 is 9.67 Å². The second-order valence-corrected chi connectivity index (χ2v) is 7.11. The molecule has 0 fully saturated rings. The van der Waals surface area contributed by atoms with E-state index in [1.54, 1.807) is 6.92 Å². The van der Waals surface area contributed by atoms with Crippen LogP contribution in [0.4, 0.5) is 0 Å². The molecular formula is C24H17NO3. The van der Waals surface area contributed by atoms with Crippen molar-refractivity contribution in [2.75, 3.05) is 0 Å². The number of rotatable bonds is 3. The van der Waals surface area contributed by atoms with Gasteiger partial charge in [0.25, 0.3) is 5.43 Å². The van der Waals surface area contributed by atoms with Crippen molar-refractivity contribution in [3.05, 3.63) is 104 Å². The molecule has 0 aliphatic heterocycles. The van der Waals surface area contributed by atoms with E-state index in [0.29, 0.717) is 12.1 Å².